The van der Waals surface area contributed by atoms with Crippen molar-refractivity contribution in [2.45, 2.75) is 46.5 Å². The van der Waals surface area contributed by atoms with Gasteiger partial charge in [-0.2, -0.15) is 0 Å². The smallest absolute Gasteiger partial charge is 0.307 e. The van der Waals surface area contributed by atoms with Crippen molar-refractivity contribution in [1.29, 1.82) is 0 Å². The van der Waals surface area contributed by atoms with Crippen LogP contribution < -0.4 is 5.32 Å². The Morgan fingerprint density at radius 3 is 2.14 bits per heavy atom. The Kier molecular flexibility index (Phi) is 6.28. The normalized spacial score (nSPS) is 11.0. The van der Waals surface area contributed by atoms with Gasteiger partial charge >= 0.3 is 5.97 Å². The molecule has 0 aliphatic rings. The van der Waals surface area contributed by atoms with Gasteiger partial charge in [-0.05, 0) is 24.1 Å². The molecule has 0 spiro atoms. The third-order valence-corrected chi connectivity index (χ3v) is 3.24. The van der Waals surface area contributed by atoms with Crippen molar-refractivity contribution in [3.63, 3.8) is 0 Å². The van der Waals surface area contributed by atoms with E-state index in [0.29, 0.717) is 30.5 Å². The highest BCUT2D eigenvalue weighted by atomic mass is 16.4. The largest absolute Gasteiger partial charge is 0.481 e. The SMILES string of the molecule is CC(C)(C)C(=O)CCCC(=O)Nc1ccc(CC(=O)O)cc1. The number of rotatable bonds is 7. The van der Waals surface area contributed by atoms with E-state index in [1.54, 1.807) is 24.3 Å². The van der Waals surface area contributed by atoms with Gasteiger partial charge in [-0.3, -0.25) is 14.4 Å². The van der Waals surface area contributed by atoms with Gasteiger partial charge in [-0.15, -0.1) is 0 Å². The number of benzene rings is 1. The maximum absolute atomic E-state index is 11.8. The molecule has 0 atom stereocenters. The molecule has 0 aliphatic heterocycles. The van der Waals surface area contributed by atoms with Crippen molar-refractivity contribution in [3.05, 3.63) is 29.8 Å². The molecule has 1 rings (SSSR count). The Balaban J connectivity index is 2.39. The Labute approximate surface area is 130 Å². The number of carbonyl (C=O) groups is 3. The lowest BCUT2D eigenvalue weighted by atomic mass is 9.88. The zero-order valence-corrected chi connectivity index (χ0v) is 13.3. The van der Waals surface area contributed by atoms with E-state index in [0.717, 1.165) is 0 Å². The molecule has 0 radical (unpaired) electrons. The van der Waals surface area contributed by atoms with Crippen molar-refractivity contribution in [2.24, 2.45) is 5.41 Å². The topological polar surface area (TPSA) is 83.5 Å². The Morgan fingerprint density at radius 2 is 1.64 bits per heavy atom. The van der Waals surface area contributed by atoms with Crippen molar-refractivity contribution in [1.82, 2.24) is 0 Å². The van der Waals surface area contributed by atoms with E-state index in [9.17, 15) is 14.4 Å². The number of Topliss-reactive ketones (excluding diaryl/α,β-unsaturated/α-hetero) is 1. The van der Waals surface area contributed by atoms with Crippen LogP contribution in [0.3, 0.4) is 0 Å². The standard InChI is InChI=1S/C17H23NO4/c1-17(2,3)14(19)5-4-6-15(20)18-13-9-7-12(8-10-13)11-16(21)22/h7-10H,4-6,11H2,1-3H3,(H,18,20)(H,21,22). The summed E-state index contributed by atoms with van der Waals surface area (Å²) in [6.45, 7) is 5.61. The zero-order chi connectivity index (χ0) is 16.8. The molecule has 22 heavy (non-hydrogen) atoms. The first-order chi connectivity index (χ1) is 10.2. The summed E-state index contributed by atoms with van der Waals surface area (Å²) in [6.07, 6.45) is 1.18. The summed E-state index contributed by atoms with van der Waals surface area (Å²) in [5.74, 6) is -0.883. The molecule has 0 fully saturated rings. The first-order valence-electron chi connectivity index (χ1n) is 7.32. The maximum atomic E-state index is 11.8. The molecule has 0 unspecified atom stereocenters. The van der Waals surface area contributed by atoms with E-state index in [-0.39, 0.29) is 23.5 Å². The van der Waals surface area contributed by atoms with Crippen LogP contribution in [0.15, 0.2) is 24.3 Å². The van der Waals surface area contributed by atoms with E-state index in [2.05, 4.69) is 5.32 Å². The first-order valence-corrected chi connectivity index (χ1v) is 7.32. The fourth-order valence-electron chi connectivity index (χ4n) is 1.89. The molecule has 0 saturated carbocycles. The van der Waals surface area contributed by atoms with Crippen LogP contribution in [0.25, 0.3) is 0 Å². The second-order valence-corrected chi connectivity index (χ2v) is 6.34. The number of hydrogen-bond acceptors (Lipinski definition) is 3. The minimum atomic E-state index is -0.889. The summed E-state index contributed by atoms with van der Waals surface area (Å²) in [6, 6.07) is 6.70. The lowest BCUT2D eigenvalue weighted by molar-refractivity contribution is -0.136. The van der Waals surface area contributed by atoms with Crippen LogP contribution in [-0.2, 0) is 20.8 Å². The number of ketones is 1. The highest BCUT2D eigenvalue weighted by Gasteiger charge is 2.20. The molecule has 120 valence electrons. The zero-order valence-electron chi connectivity index (χ0n) is 13.3. The molecule has 1 aromatic rings. The van der Waals surface area contributed by atoms with Crippen LogP contribution in [0.2, 0.25) is 0 Å². The number of amides is 1. The Morgan fingerprint density at radius 1 is 1.05 bits per heavy atom. The van der Waals surface area contributed by atoms with Crippen LogP contribution in [0.4, 0.5) is 5.69 Å². The van der Waals surface area contributed by atoms with Crippen LogP contribution in [0, 0.1) is 5.41 Å². The monoisotopic (exact) mass is 305 g/mol. The molecule has 5 nitrogen and oxygen atoms in total. The van der Waals surface area contributed by atoms with Gasteiger partial charge in [0.1, 0.15) is 5.78 Å². The van der Waals surface area contributed by atoms with E-state index in [1.807, 2.05) is 20.8 Å². The molecule has 0 saturated heterocycles. The van der Waals surface area contributed by atoms with E-state index < -0.39 is 5.97 Å². The summed E-state index contributed by atoms with van der Waals surface area (Å²) in [7, 11) is 0. The highest BCUT2D eigenvalue weighted by Crippen LogP contribution is 2.18. The fourth-order valence-corrected chi connectivity index (χ4v) is 1.89. The third-order valence-electron chi connectivity index (χ3n) is 3.24. The number of hydrogen-bond donors (Lipinski definition) is 2. The van der Waals surface area contributed by atoms with Crippen LogP contribution >= 0.6 is 0 Å². The molecule has 1 amide bonds. The van der Waals surface area contributed by atoms with Crippen molar-refractivity contribution in [3.8, 4) is 0 Å². The maximum Gasteiger partial charge on any atom is 0.307 e. The van der Waals surface area contributed by atoms with Gasteiger partial charge in [0.25, 0.3) is 0 Å². The van der Waals surface area contributed by atoms with Gasteiger partial charge in [-0.25, -0.2) is 0 Å². The molecular weight excluding hydrogens is 282 g/mol. The quantitative estimate of drug-likeness (QED) is 0.811. The minimum absolute atomic E-state index is 0.0386. The molecule has 1 aromatic carbocycles. The fraction of sp³-hybridized carbons (Fsp3) is 0.471. The first kappa shape index (κ1) is 17.9. The van der Waals surface area contributed by atoms with Crippen molar-refractivity contribution >= 4 is 23.3 Å². The number of anilines is 1. The van der Waals surface area contributed by atoms with Gasteiger partial charge in [0.2, 0.25) is 5.91 Å². The van der Waals surface area contributed by atoms with Crippen molar-refractivity contribution < 1.29 is 19.5 Å². The lowest BCUT2D eigenvalue weighted by Crippen LogP contribution is -2.20. The second kappa shape index (κ2) is 7.73. The molecule has 0 aliphatic carbocycles. The Bertz CT molecular complexity index is 541. The van der Waals surface area contributed by atoms with Gasteiger partial charge in [-0.1, -0.05) is 32.9 Å². The highest BCUT2D eigenvalue weighted by molar-refractivity contribution is 5.91. The second-order valence-electron chi connectivity index (χ2n) is 6.34. The average Bonchev–Trinajstić information content (AvgIpc) is 2.39. The molecular formula is C17H23NO4. The van der Waals surface area contributed by atoms with Gasteiger partial charge in [0, 0.05) is 23.9 Å². The molecule has 0 heterocycles. The summed E-state index contributed by atoms with van der Waals surface area (Å²) in [4.78, 5) is 34.1. The summed E-state index contributed by atoms with van der Waals surface area (Å²) >= 11 is 0. The Hall–Kier alpha value is -2.17. The van der Waals surface area contributed by atoms with E-state index >= 15 is 0 Å². The predicted octanol–water partition coefficient (Wildman–Crippen LogP) is 3.04. The average molecular weight is 305 g/mol. The van der Waals surface area contributed by atoms with Crippen molar-refractivity contribution in [2.75, 3.05) is 5.32 Å². The lowest BCUT2D eigenvalue weighted by Gasteiger charge is -2.16. The summed E-state index contributed by atoms with van der Waals surface area (Å²) < 4.78 is 0. The molecule has 0 aromatic heterocycles. The van der Waals surface area contributed by atoms with Gasteiger partial charge in [0.05, 0.1) is 6.42 Å². The molecule has 0 bridgehead atoms. The van der Waals surface area contributed by atoms with Crippen LogP contribution in [0.1, 0.15) is 45.6 Å². The number of carbonyl (C=O) groups excluding carboxylic acids is 2. The van der Waals surface area contributed by atoms with E-state index in [1.165, 1.54) is 0 Å². The van der Waals surface area contributed by atoms with Gasteiger partial charge in [0.15, 0.2) is 0 Å². The van der Waals surface area contributed by atoms with Gasteiger partial charge < -0.3 is 10.4 Å². The number of nitrogens with one attached hydrogen (secondary N) is 1. The third kappa shape index (κ3) is 6.52. The summed E-state index contributed by atoms with van der Waals surface area (Å²) in [5, 5.41) is 11.4. The van der Waals surface area contributed by atoms with E-state index in [4.69, 9.17) is 5.11 Å². The van der Waals surface area contributed by atoms with Crippen LogP contribution in [0.5, 0.6) is 0 Å². The summed E-state index contributed by atoms with van der Waals surface area (Å²) in [5.41, 5.74) is 0.943. The van der Waals surface area contributed by atoms with Crippen LogP contribution in [-0.4, -0.2) is 22.8 Å². The number of aliphatic carboxylic acids is 1. The number of carboxylic acids is 1. The molecule has 2 N–H and O–H groups in total. The number of carboxylic acid groups (broad SMARTS) is 1. The minimum Gasteiger partial charge on any atom is -0.481 e. The molecule has 5 heteroatoms. The predicted molar refractivity (Wildman–Crippen MR) is 84.7 cm³/mol.